The van der Waals surface area contributed by atoms with Crippen LogP contribution >= 0.6 is 22.6 Å². The lowest BCUT2D eigenvalue weighted by Crippen LogP contribution is -2.17. The molecule has 0 spiro atoms. The zero-order valence-electron chi connectivity index (χ0n) is 7.17. The Morgan fingerprint density at radius 1 is 1.67 bits per heavy atom. The summed E-state index contributed by atoms with van der Waals surface area (Å²) in [5.74, 6) is -0.932. The van der Waals surface area contributed by atoms with Crippen molar-refractivity contribution in [3.63, 3.8) is 0 Å². The van der Waals surface area contributed by atoms with Crippen LogP contribution in [0.1, 0.15) is 28.2 Å². The maximum Gasteiger partial charge on any atom is 0.280 e. The van der Waals surface area contributed by atoms with Crippen molar-refractivity contribution in [3.8, 4) is 6.07 Å². The molecule has 1 heterocycles. The summed E-state index contributed by atoms with van der Waals surface area (Å²) in [6.45, 7) is 0. The van der Waals surface area contributed by atoms with Crippen molar-refractivity contribution in [1.29, 1.82) is 5.26 Å². The van der Waals surface area contributed by atoms with Gasteiger partial charge < -0.3 is 5.73 Å². The van der Waals surface area contributed by atoms with Crippen molar-refractivity contribution >= 4 is 28.5 Å². The SMILES string of the molecule is N#Cc1cc(C(F)F)nc(C(N)=O)c1I. The first-order chi connectivity index (χ1) is 6.97. The minimum absolute atomic E-state index is 0.0327. The normalized spacial score (nSPS) is 10.1. The molecule has 1 amide bonds. The molecule has 0 bridgehead atoms. The second-order valence-electron chi connectivity index (χ2n) is 2.53. The monoisotopic (exact) mass is 323 g/mol. The summed E-state index contributed by atoms with van der Waals surface area (Å²) < 4.78 is 24.9. The molecular weight excluding hydrogens is 319 g/mol. The molecule has 2 N–H and O–H groups in total. The molecule has 0 aromatic carbocycles. The molecule has 0 aliphatic heterocycles. The lowest BCUT2D eigenvalue weighted by atomic mass is 10.2. The summed E-state index contributed by atoms with van der Waals surface area (Å²) in [6.07, 6.45) is -2.84. The Morgan fingerprint density at radius 2 is 2.27 bits per heavy atom. The van der Waals surface area contributed by atoms with E-state index in [2.05, 4.69) is 4.98 Å². The Kier molecular flexibility index (Phi) is 3.52. The van der Waals surface area contributed by atoms with Crippen molar-refractivity contribution in [3.05, 3.63) is 26.6 Å². The van der Waals surface area contributed by atoms with E-state index in [4.69, 9.17) is 11.0 Å². The highest BCUT2D eigenvalue weighted by atomic mass is 127. The summed E-state index contributed by atoms with van der Waals surface area (Å²) in [6, 6.07) is 2.64. The number of pyridine rings is 1. The van der Waals surface area contributed by atoms with Gasteiger partial charge in [-0.3, -0.25) is 4.79 Å². The van der Waals surface area contributed by atoms with Crippen LogP contribution < -0.4 is 5.73 Å². The molecule has 0 aliphatic rings. The molecule has 0 aliphatic carbocycles. The molecule has 78 valence electrons. The van der Waals surface area contributed by atoms with Gasteiger partial charge in [0.2, 0.25) is 0 Å². The van der Waals surface area contributed by atoms with Gasteiger partial charge in [0, 0.05) is 0 Å². The average molecular weight is 323 g/mol. The van der Waals surface area contributed by atoms with Crippen molar-refractivity contribution in [2.45, 2.75) is 6.43 Å². The number of carbonyl (C=O) groups is 1. The lowest BCUT2D eigenvalue weighted by Gasteiger charge is -2.05. The Labute approximate surface area is 97.2 Å². The highest BCUT2D eigenvalue weighted by Crippen LogP contribution is 2.22. The number of alkyl halides is 2. The molecule has 4 nitrogen and oxygen atoms in total. The predicted molar refractivity (Wildman–Crippen MR) is 55.1 cm³/mol. The number of nitrogens with two attached hydrogens (primary N) is 1. The van der Waals surface area contributed by atoms with Gasteiger partial charge in [-0.05, 0) is 28.7 Å². The van der Waals surface area contributed by atoms with Crippen LogP contribution in [0.4, 0.5) is 8.78 Å². The molecule has 0 atom stereocenters. The standard InChI is InChI=1S/C8H4F2IN3O/c9-7(10)4-1-3(2-12)5(11)6(14-4)8(13)15/h1,7H,(H2,13,15). The number of carbonyl (C=O) groups excluding carboxylic acids is 1. The number of halogens is 3. The van der Waals surface area contributed by atoms with Crippen LogP contribution in [0.5, 0.6) is 0 Å². The molecule has 1 aromatic rings. The van der Waals surface area contributed by atoms with Crippen molar-refractivity contribution in [2.75, 3.05) is 0 Å². The largest absolute Gasteiger partial charge is 0.364 e. The van der Waals surface area contributed by atoms with E-state index in [1.54, 1.807) is 28.7 Å². The Morgan fingerprint density at radius 3 is 2.67 bits per heavy atom. The molecular formula is C8H4F2IN3O. The van der Waals surface area contributed by atoms with Crippen LogP contribution in [0, 0.1) is 14.9 Å². The third-order valence-corrected chi connectivity index (χ3v) is 2.65. The van der Waals surface area contributed by atoms with Gasteiger partial charge in [0.05, 0.1) is 9.13 Å². The quantitative estimate of drug-likeness (QED) is 0.840. The van der Waals surface area contributed by atoms with Gasteiger partial charge in [0.1, 0.15) is 17.5 Å². The smallest absolute Gasteiger partial charge is 0.280 e. The van der Waals surface area contributed by atoms with Gasteiger partial charge in [-0.2, -0.15) is 5.26 Å². The van der Waals surface area contributed by atoms with Crippen LogP contribution in [0.15, 0.2) is 6.07 Å². The van der Waals surface area contributed by atoms with E-state index < -0.39 is 18.0 Å². The number of amides is 1. The molecule has 0 fully saturated rings. The number of aromatic nitrogens is 1. The summed E-state index contributed by atoms with van der Waals surface area (Å²) in [5, 5.41) is 8.65. The maximum absolute atomic E-state index is 12.3. The van der Waals surface area contributed by atoms with Crippen LogP contribution in [-0.4, -0.2) is 10.9 Å². The van der Waals surface area contributed by atoms with Gasteiger partial charge in [0.25, 0.3) is 12.3 Å². The van der Waals surface area contributed by atoms with Crippen molar-refractivity contribution in [1.82, 2.24) is 4.98 Å². The Bertz CT molecular complexity index is 456. The molecule has 15 heavy (non-hydrogen) atoms. The topological polar surface area (TPSA) is 79.8 Å². The fourth-order valence-corrected chi connectivity index (χ4v) is 1.57. The lowest BCUT2D eigenvalue weighted by molar-refractivity contribution is 0.0992. The van der Waals surface area contributed by atoms with Gasteiger partial charge >= 0.3 is 0 Å². The summed E-state index contributed by atoms with van der Waals surface area (Å²) in [7, 11) is 0. The number of nitrogens with zero attached hydrogens (tertiary/aromatic N) is 2. The van der Waals surface area contributed by atoms with Gasteiger partial charge in [-0.15, -0.1) is 0 Å². The minimum atomic E-state index is -2.84. The Balaban J connectivity index is 3.47. The first-order valence-corrected chi connectivity index (χ1v) is 4.73. The van der Waals surface area contributed by atoms with Crippen LogP contribution in [-0.2, 0) is 0 Å². The molecule has 1 aromatic heterocycles. The number of rotatable bonds is 2. The van der Waals surface area contributed by atoms with Crippen molar-refractivity contribution in [2.24, 2.45) is 5.73 Å². The third-order valence-electron chi connectivity index (χ3n) is 1.55. The zero-order valence-corrected chi connectivity index (χ0v) is 9.33. The Hall–Kier alpha value is -1.30. The zero-order chi connectivity index (χ0) is 11.6. The average Bonchev–Trinajstić information content (AvgIpc) is 2.17. The van der Waals surface area contributed by atoms with E-state index in [1.807, 2.05) is 0 Å². The van der Waals surface area contributed by atoms with Crippen molar-refractivity contribution < 1.29 is 13.6 Å². The maximum atomic E-state index is 12.3. The number of hydrogen-bond donors (Lipinski definition) is 1. The number of nitriles is 1. The summed E-state index contributed by atoms with van der Waals surface area (Å²) >= 11 is 1.67. The molecule has 7 heteroatoms. The molecule has 0 unspecified atom stereocenters. The minimum Gasteiger partial charge on any atom is -0.364 e. The molecule has 0 radical (unpaired) electrons. The number of primary amides is 1. The van der Waals surface area contributed by atoms with Crippen LogP contribution in [0.25, 0.3) is 0 Å². The van der Waals surface area contributed by atoms with Crippen LogP contribution in [0.3, 0.4) is 0 Å². The number of hydrogen-bond acceptors (Lipinski definition) is 3. The first-order valence-electron chi connectivity index (χ1n) is 3.66. The van der Waals surface area contributed by atoms with Gasteiger partial charge in [-0.25, -0.2) is 13.8 Å². The van der Waals surface area contributed by atoms with Gasteiger partial charge in [0.15, 0.2) is 0 Å². The van der Waals surface area contributed by atoms with E-state index in [0.29, 0.717) is 0 Å². The summed E-state index contributed by atoms with van der Waals surface area (Å²) in [5.41, 5.74) is 3.99. The highest BCUT2D eigenvalue weighted by molar-refractivity contribution is 14.1. The fourth-order valence-electron chi connectivity index (χ4n) is 0.906. The summed E-state index contributed by atoms with van der Waals surface area (Å²) in [4.78, 5) is 14.3. The predicted octanol–water partition coefficient (Wildman–Crippen LogP) is 1.59. The third kappa shape index (κ3) is 2.38. The van der Waals surface area contributed by atoms with E-state index in [9.17, 15) is 13.6 Å². The second-order valence-corrected chi connectivity index (χ2v) is 3.61. The highest BCUT2D eigenvalue weighted by Gasteiger charge is 2.18. The van der Waals surface area contributed by atoms with Gasteiger partial charge in [-0.1, -0.05) is 0 Å². The fraction of sp³-hybridized carbons (Fsp3) is 0.125. The molecule has 1 rings (SSSR count). The van der Waals surface area contributed by atoms with E-state index in [0.717, 1.165) is 6.07 Å². The van der Waals surface area contributed by atoms with Crippen LogP contribution in [0.2, 0.25) is 0 Å². The second kappa shape index (κ2) is 4.48. The first kappa shape index (κ1) is 11.8. The van der Waals surface area contributed by atoms with E-state index >= 15 is 0 Å². The van der Waals surface area contributed by atoms with E-state index in [1.165, 1.54) is 0 Å². The molecule has 0 saturated carbocycles. The van der Waals surface area contributed by atoms with E-state index in [-0.39, 0.29) is 14.8 Å². The molecule has 0 saturated heterocycles.